The van der Waals surface area contributed by atoms with Gasteiger partial charge in [-0.15, -0.1) is 0 Å². The number of phenolic OH excluding ortho intramolecular Hbond substituents is 1. The molecule has 1 aliphatic heterocycles. The van der Waals surface area contributed by atoms with Crippen LogP contribution in [0.5, 0.6) is 17.2 Å². The maximum atomic E-state index is 9.62. The quantitative estimate of drug-likeness (QED) is 0.678. The van der Waals surface area contributed by atoms with Crippen molar-refractivity contribution in [2.45, 2.75) is 20.3 Å². The van der Waals surface area contributed by atoms with Crippen LogP contribution >= 0.6 is 0 Å². The second-order valence-electron chi connectivity index (χ2n) is 4.79. The Kier molecular flexibility index (Phi) is 2.79. The minimum atomic E-state index is 0.228. The van der Waals surface area contributed by atoms with E-state index in [2.05, 4.69) is 19.9 Å². The smallest absolute Gasteiger partial charge is 0.138 e. The standard InChI is InChI=1S/C17H16O2/c1-3-11(2)17-13-6-4-5-7-15(13)19-16-10-12(18)8-9-14(16)17/h4-10,18H,3H2,1-2H3/b17-11-. The summed E-state index contributed by atoms with van der Waals surface area (Å²) in [5.41, 5.74) is 4.72. The van der Waals surface area contributed by atoms with E-state index in [1.54, 1.807) is 12.1 Å². The summed E-state index contributed by atoms with van der Waals surface area (Å²) in [5.74, 6) is 1.80. The predicted octanol–water partition coefficient (Wildman–Crippen LogP) is 4.73. The fraction of sp³-hybridized carbons (Fsp3) is 0.176. The number of para-hydroxylation sites is 1. The van der Waals surface area contributed by atoms with Crippen molar-refractivity contribution in [1.29, 1.82) is 0 Å². The minimum Gasteiger partial charge on any atom is -0.508 e. The average molecular weight is 252 g/mol. The fourth-order valence-corrected chi connectivity index (χ4v) is 2.46. The summed E-state index contributed by atoms with van der Waals surface area (Å²) in [6.07, 6.45) is 0.990. The lowest BCUT2D eigenvalue weighted by Crippen LogP contribution is -2.03. The van der Waals surface area contributed by atoms with E-state index in [1.165, 1.54) is 11.1 Å². The zero-order valence-electron chi connectivity index (χ0n) is 11.1. The number of rotatable bonds is 1. The molecule has 0 bridgehead atoms. The first-order chi connectivity index (χ1) is 9.20. The van der Waals surface area contributed by atoms with E-state index in [-0.39, 0.29) is 5.75 Å². The van der Waals surface area contributed by atoms with Crippen molar-refractivity contribution in [2.75, 3.05) is 0 Å². The molecule has 0 unspecified atom stereocenters. The highest BCUT2D eigenvalue weighted by Crippen LogP contribution is 2.46. The lowest BCUT2D eigenvalue weighted by atomic mass is 9.89. The van der Waals surface area contributed by atoms with Crippen LogP contribution in [0, 0.1) is 0 Å². The molecule has 0 saturated heterocycles. The first-order valence-corrected chi connectivity index (χ1v) is 6.51. The molecule has 1 aliphatic rings. The molecule has 3 rings (SSSR count). The van der Waals surface area contributed by atoms with E-state index in [0.29, 0.717) is 0 Å². The SMILES string of the molecule is CC/C(C)=C1/c2ccccc2Oc2cc(O)ccc21. The van der Waals surface area contributed by atoms with Gasteiger partial charge in [0.1, 0.15) is 17.2 Å². The molecule has 2 aromatic carbocycles. The summed E-state index contributed by atoms with van der Waals surface area (Å²) < 4.78 is 5.89. The molecule has 0 spiro atoms. The number of allylic oxidation sites excluding steroid dienone is 1. The van der Waals surface area contributed by atoms with E-state index >= 15 is 0 Å². The topological polar surface area (TPSA) is 29.5 Å². The third-order valence-corrected chi connectivity index (χ3v) is 3.57. The van der Waals surface area contributed by atoms with E-state index in [1.807, 2.05) is 24.3 Å². The van der Waals surface area contributed by atoms with Gasteiger partial charge in [-0.05, 0) is 37.1 Å². The van der Waals surface area contributed by atoms with Gasteiger partial charge in [0.05, 0.1) is 0 Å². The van der Waals surface area contributed by atoms with Crippen LogP contribution in [0.3, 0.4) is 0 Å². The first kappa shape index (κ1) is 11.8. The molecule has 96 valence electrons. The minimum absolute atomic E-state index is 0.228. The Morgan fingerprint density at radius 3 is 2.58 bits per heavy atom. The Balaban J connectivity index is 2.31. The van der Waals surface area contributed by atoms with Gasteiger partial charge >= 0.3 is 0 Å². The number of aromatic hydroxyl groups is 1. The van der Waals surface area contributed by atoms with Crippen molar-refractivity contribution in [3.05, 3.63) is 59.2 Å². The third kappa shape index (κ3) is 1.89. The summed E-state index contributed by atoms with van der Waals surface area (Å²) >= 11 is 0. The first-order valence-electron chi connectivity index (χ1n) is 6.51. The number of benzene rings is 2. The van der Waals surface area contributed by atoms with Gasteiger partial charge in [-0.25, -0.2) is 0 Å². The van der Waals surface area contributed by atoms with Crippen LogP contribution in [0.2, 0.25) is 0 Å². The molecule has 0 aliphatic carbocycles. The van der Waals surface area contributed by atoms with Gasteiger partial charge < -0.3 is 9.84 Å². The molecule has 0 fully saturated rings. The van der Waals surface area contributed by atoms with Crippen molar-refractivity contribution in [3.63, 3.8) is 0 Å². The number of phenols is 1. The number of hydrogen-bond donors (Lipinski definition) is 1. The van der Waals surface area contributed by atoms with E-state index < -0.39 is 0 Å². The predicted molar refractivity (Wildman–Crippen MR) is 76.6 cm³/mol. The van der Waals surface area contributed by atoms with Gasteiger partial charge in [0, 0.05) is 17.2 Å². The lowest BCUT2D eigenvalue weighted by molar-refractivity contribution is 0.450. The molecule has 2 heteroatoms. The highest BCUT2D eigenvalue weighted by Gasteiger charge is 2.23. The largest absolute Gasteiger partial charge is 0.508 e. The van der Waals surface area contributed by atoms with Crippen molar-refractivity contribution in [3.8, 4) is 17.2 Å². The molecule has 0 aromatic heterocycles. The fourth-order valence-electron chi connectivity index (χ4n) is 2.46. The van der Waals surface area contributed by atoms with Crippen LogP contribution in [-0.4, -0.2) is 5.11 Å². The van der Waals surface area contributed by atoms with Crippen molar-refractivity contribution < 1.29 is 9.84 Å². The number of fused-ring (bicyclic) bond motifs is 2. The summed E-state index contributed by atoms with van der Waals surface area (Å²) in [6.45, 7) is 4.30. The van der Waals surface area contributed by atoms with Crippen LogP contribution in [0.25, 0.3) is 5.57 Å². The number of ether oxygens (including phenoxy) is 1. The highest BCUT2D eigenvalue weighted by molar-refractivity contribution is 5.89. The molecule has 2 nitrogen and oxygen atoms in total. The Hall–Kier alpha value is -2.22. The average Bonchev–Trinajstić information content (AvgIpc) is 2.43. The summed E-state index contributed by atoms with van der Waals surface area (Å²) in [4.78, 5) is 0. The van der Waals surface area contributed by atoms with Gasteiger partial charge in [-0.1, -0.05) is 30.7 Å². The van der Waals surface area contributed by atoms with E-state index in [4.69, 9.17) is 4.74 Å². The van der Waals surface area contributed by atoms with Gasteiger partial charge in [-0.3, -0.25) is 0 Å². The molecule has 0 atom stereocenters. The van der Waals surface area contributed by atoms with Crippen LogP contribution in [0.4, 0.5) is 0 Å². The molecule has 1 N–H and O–H groups in total. The Bertz CT molecular complexity index is 669. The second kappa shape index (κ2) is 4.47. The zero-order chi connectivity index (χ0) is 13.4. The number of hydrogen-bond acceptors (Lipinski definition) is 2. The van der Waals surface area contributed by atoms with E-state index in [0.717, 1.165) is 29.0 Å². The molecule has 0 saturated carbocycles. The molecule has 2 aromatic rings. The Morgan fingerprint density at radius 2 is 1.79 bits per heavy atom. The highest BCUT2D eigenvalue weighted by atomic mass is 16.5. The van der Waals surface area contributed by atoms with Gasteiger partial charge in [0.25, 0.3) is 0 Å². The maximum absolute atomic E-state index is 9.62. The summed E-state index contributed by atoms with van der Waals surface area (Å²) in [6, 6.07) is 13.3. The zero-order valence-corrected chi connectivity index (χ0v) is 11.1. The normalized spacial score (nSPS) is 15.3. The van der Waals surface area contributed by atoms with Crippen LogP contribution in [0.15, 0.2) is 48.0 Å². The van der Waals surface area contributed by atoms with Crippen molar-refractivity contribution in [1.82, 2.24) is 0 Å². The molecule has 1 heterocycles. The van der Waals surface area contributed by atoms with Crippen molar-refractivity contribution in [2.24, 2.45) is 0 Å². The molecule has 0 amide bonds. The van der Waals surface area contributed by atoms with Crippen LogP contribution in [-0.2, 0) is 0 Å². The van der Waals surface area contributed by atoms with Gasteiger partial charge in [0.2, 0.25) is 0 Å². The van der Waals surface area contributed by atoms with Gasteiger partial charge in [-0.2, -0.15) is 0 Å². The van der Waals surface area contributed by atoms with Crippen LogP contribution in [0.1, 0.15) is 31.4 Å². The lowest BCUT2D eigenvalue weighted by Gasteiger charge is -2.24. The maximum Gasteiger partial charge on any atom is 0.138 e. The third-order valence-electron chi connectivity index (χ3n) is 3.57. The Morgan fingerprint density at radius 1 is 1.05 bits per heavy atom. The molecule has 0 radical (unpaired) electrons. The molecular formula is C17H16O2. The second-order valence-corrected chi connectivity index (χ2v) is 4.79. The summed E-state index contributed by atoms with van der Waals surface area (Å²) in [7, 11) is 0. The molecular weight excluding hydrogens is 236 g/mol. The van der Waals surface area contributed by atoms with E-state index in [9.17, 15) is 5.11 Å². The molecule has 19 heavy (non-hydrogen) atoms. The van der Waals surface area contributed by atoms with Crippen LogP contribution < -0.4 is 4.74 Å². The monoisotopic (exact) mass is 252 g/mol. The summed E-state index contributed by atoms with van der Waals surface area (Å²) in [5, 5.41) is 9.62. The van der Waals surface area contributed by atoms with Gasteiger partial charge in [0.15, 0.2) is 0 Å². The van der Waals surface area contributed by atoms with Crippen molar-refractivity contribution >= 4 is 5.57 Å². The Labute approximate surface area is 113 Å².